The summed E-state index contributed by atoms with van der Waals surface area (Å²) >= 11 is 5.80. The number of carbonyl (C=O) groups is 2. The summed E-state index contributed by atoms with van der Waals surface area (Å²) in [7, 11) is 0. The van der Waals surface area contributed by atoms with Crippen molar-refractivity contribution in [3.63, 3.8) is 0 Å². The molecule has 2 aromatic rings. The van der Waals surface area contributed by atoms with E-state index >= 15 is 0 Å². The lowest BCUT2D eigenvalue weighted by atomic mass is 10.1. The van der Waals surface area contributed by atoms with Gasteiger partial charge in [-0.15, -0.1) is 0 Å². The number of aromatic nitrogens is 1. The van der Waals surface area contributed by atoms with Gasteiger partial charge in [0.05, 0.1) is 0 Å². The van der Waals surface area contributed by atoms with Crippen molar-refractivity contribution >= 4 is 29.2 Å². The predicted octanol–water partition coefficient (Wildman–Crippen LogP) is 3.54. The van der Waals surface area contributed by atoms with E-state index in [-0.39, 0.29) is 5.69 Å². The molecule has 0 bridgehead atoms. The topological polar surface area (TPSA) is 68.3 Å². The number of rotatable bonds is 4. The number of benzene rings is 1. The molecule has 1 aromatic heterocycles. The van der Waals surface area contributed by atoms with Gasteiger partial charge >= 0.3 is 5.97 Å². The summed E-state index contributed by atoms with van der Waals surface area (Å²) in [5.41, 5.74) is 2.66. The summed E-state index contributed by atoms with van der Waals surface area (Å²) < 4.78 is 5.13. The van der Waals surface area contributed by atoms with E-state index in [9.17, 15) is 9.59 Å². The summed E-state index contributed by atoms with van der Waals surface area (Å²) in [6.07, 6.45) is 0.447. The number of amides is 1. The molecule has 1 N–H and O–H groups in total. The Labute approximate surface area is 139 Å². The van der Waals surface area contributed by atoms with Crippen LogP contribution in [0.15, 0.2) is 36.5 Å². The minimum absolute atomic E-state index is 0.0595. The number of nitrogens with zero attached hydrogens (tertiary/aromatic N) is 1. The van der Waals surface area contributed by atoms with Gasteiger partial charge in [-0.2, -0.15) is 0 Å². The van der Waals surface area contributed by atoms with Crippen LogP contribution in [-0.4, -0.2) is 23.0 Å². The summed E-state index contributed by atoms with van der Waals surface area (Å²) in [4.78, 5) is 28.1. The minimum Gasteiger partial charge on any atom is -0.448 e. The van der Waals surface area contributed by atoms with Crippen molar-refractivity contribution in [3.05, 3.63) is 58.4 Å². The molecule has 0 aliphatic rings. The summed E-state index contributed by atoms with van der Waals surface area (Å²) in [6, 6.07) is 8.65. The zero-order valence-electron chi connectivity index (χ0n) is 13.1. The number of pyridine rings is 1. The number of hydrogen-bond donors (Lipinski definition) is 1. The zero-order chi connectivity index (χ0) is 17.0. The number of nitrogens with one attached hydrogen (secondary N) is 1. The van der Waals surface area contributed by atoms with E-state index < -0.39 is 18.0 Å². The van der Waals surface area contributed by atoms with Gasteiger partial charge in [0.25, 0.3) is 5.91 Å². The number of hydrogen-bond acceptors (Lipinski definition) is 4. The maximum Gasteiger partial charge on any atom is 0.357 e. The van der Waals surface area contributed by atoms with E-state index in [1.54, 1.807) is 6.07 Å². The Kier molecular flexibility index (Phi) is 5.34. The van der Waals surface area contributed by atoms with Crippen molar-refractivity contribution in [3.8, 4) is 0 Å². The Morgan fingerprint density at radius 2 is 1.87 bits per heavy atom. The van der Waals surface area contributed by atoms with Crippen LogP contribution in [0.1, 0.15) is 28.5 Å². The molecule has 0 saturated carbocycles. The van der Waals surface area contributed by atoms with Crippen LogP contribution in [0.25, 0.3) is 0 Å². The Morgan fingerprint density at radius 3 is 2.48 bits per heavy atom. The SMILES string of the molecule is Cc1cccc(C)c1NC(=O)[C@H](C)OC(=O)c1cc(Cl)ccn1. The lowest BCUT2D eigenvalue weighted by molar-refractivity contribution is -0.123. The second-order valence-electron chi connectivity index (χ2n) is 5.16. The molecule has 0 spiro atoms. The summed E-state index contributed by atoms with van der Waals surface area (Å²) in [5, 5.41) is 3.16. The molecule has 23 heavy (non-hydrogen) atoms. The smallest absolute Gasteiger partial charge is 0.357 e. The number of esters is 1. The highest BCUT2D eigenvalue weighted by atomic mass is 35.5. The molecule has 0 radical (unpaired) electrons. The van der Waals surface area contributed by atoms with E-state index in [4.69, 9.17) is 16.3 Å². The molecule has 1 heterocycles. The normalized spacial score (nSPS) is 11.7. The van der Waals surface area contributed by atoms with Crippen molar-refractivity contribution in [1.82, 2.24) is 4.98 Å². The number of anilines is 1. The Bertz CT molecular complexity index is 726. The van der Waals surface area contributed by atoms with E-state index in [2.05, 4.69) is 10.3 Å². The second kappa shape index (κ2) is 7.24. The van der Waals surface area contributed by atoms with Crippen LogP contribution in [-0.2, 0) is 9.53 Å². The third-order valence-electron chi connectivity index (χ3n) is 3.31. The summed E-state index contributed by atoms with van der Waals surface area (Å²) in [6.45, 7) is 5.30. The molecule has 0 fully saturated rings. The third kappa shape index (κ3) is 4.29. The van der Waals surface area contributed by atoms with Crippen molar-refractivity contribution < 1.29 is 14.3 Å². The number of carbonyl (C=O) groups excluding carboxylic acids is 2. The van der Waals surface area contributed by atoms with Gasteiger partial charge in [0.1, 0.15) is 5.69 Å². The fourth-order valence-corrected chi connectivity index (χ4v) is 2.19. The van der Waals surface area contributed by atoms with Gasteiger partial charge in [-0.25, -0.2) is 9.78 Å². The molecule has 6 heteroatoms. The first kappa shape index (κ1) is 17.0. The van der Waals surface area contributed by atoms with Crippen LogP contribution in [0.5, 0.6) is 0 Å². The molecule has 1 amide bonds. The van der Waals surface area contributed by atoms with Crippen LogP contribution in [0.2, 0.25) is 5.02 Å². The van der Waals surface area contributed by atoms with Gasteiger partial charge in [-0.1, -0.05) is 29.8 Å². The maximum atomic E-state index is 12.2. The van der Waals surface area contributed by atoms with Gasteiger partial charge in [0, 0.05) is 16.9 Å². The van der Waals surface area contributed by atoms with Crippen LogP contribution >= 0.6 is 11.6 Å². The Balaban J connectivity index is 2.04. The highest BCUT2D eigenvalue weighted by molar-refractivity contribution is 6.30. The Morgan fingerprint density at radius 1 is 1.22 bits per heavy atom. The highest BCUT2D eigenvalue weighted by Crippen LogP contribution is 2.20. The first-order valence-corrected chi connectivity index (χ1v) is 7.46. The van der Waals surface area contributed by atoms with E-state index in [1.807, 2.05) is 32.0 Å². The van der Waals surface area contributed by atoms with Gasteiger partial charge in [-0.05, 0) is 44.0 Å². The number of ether oxygens (including phenoxy) is 1. The minimum atomic E-state index is -0.956. The van der Waals surface area contributed by atoms with Crippen molar-refractivity contribution in [2.24, 2.45) is 0 Å². The fourth-order valence-electron chi connectivity index (χ4n) is 2.03. The number of para-hydroxylation sites is 1. The quantitative estimate of drug-likeness (QED) is 0.869. The molecule has 2 rings (SSSR count). The molecule has 120 valence electrons. The van der Waals surface area contributed by atoms with E-state index in [0.717, 1.165) is 16.8 Å². The molecule has 0 saturated heterocycles. The van der Waals surface area contributed by atoms with E-state index in [1.165, 1.54) is 19.2 Å². The molecular formula is C17H17ClN2O3. The molecule has 0 aliphatic carbocycles. The first-order chi connectivity index (χ1) is 10.9. The van der Waals surface area contributed by atoms with Crippen LogP contribution < -0.4 is 5.32 Å². The van der Waals surface area contributed by atoms with Crippen molar-refractivity contribution in [2.75, 3.05) is 5.32 Å². The maximum absolute atomic E-state index is 12.2. The van der Waals surface area contributed by atoms with Gasteiger partial charge < -0.3 is 10.1 Å². The lowest BCUT2D eigenvalue weighted by Crippen LogP contribution is -2.30. The average Bonchev–Trinajstić information content (AvgIpc) is 2.50. The monoisotopic (exact) mass is 332 g/mol. The van der Waals surface area contributed by atoms with E-state index in [0.29, 0.717) is 5.02 Å². The molecule has 1 atom stereocenters. The van der Waals surface area contributed by atoms with Crippen molar-refractivity contribution in [2.45, 2.75) is 26.9 Å². The van der Waals surface area contributed by atoms with Gasteiger partial charge in [0.15, 0.2) is 6.10 Å². The molecule has 1 aromatic carbocycles. The van der Waals surface area contributed by atoms with Crippen LogP contribution in [0.3, 0.4) is 0 Å². The number of halogens is 1. The van der Waals surface area contributed by atoms with Gasteiger partial charge in [-0.3, -0.25) is 4.79 Å². The van der Waals surface area contributed by atoms with Crippen LogP contribution in [0.4, 0.5) is 5.69 Å². The zero-order valence-corrected chi connectivity index (χ0v) is 13.8. The molecule has 0 unspecified atom stereocenters. The third-order valence-corrected chi connectivity index (χ3v) is 3.55. The van der Waals surface area contributed by atoms with Crippen LogP contribution in [0, 0.1) is 13.8 Å². The Hall–Kier alpha value is -2.40. The second-order valence-corrected chi connectivity index (χ2v) is 5.60. The largest absolute Gasteiger partial charge is 0.448 e. The standard InChI is InChI=1S/C17H17ClN2O3/c1-10-5-4-6-11(2)15(10)20-16(21)12(3)23-17(22)14-9-13(18)7-8-19-14/h4-9,12H,1-3H3,(H,20,21)/t12-/m0/s1. The lowest BCUT2D eigenvalue weighted by Gasteiger charge is -2.16. The highest BCUT2D eigenvalue weighted by Gasteiger charge is 2.21. The fraction of sp³-hybridized carbons (Fsp3) is 0.235. The molecular weight excluding hydrogens is 316 g/mol. The average molecular weight is 333 g/mol. The number of aryl methyl sites for hydroxylation is 2. The first-order valence-electron chi connectivity index (χ1n) is 7.08. The van der Waals surface area contributed by atoms with Gasteiger partial charge in [0.2, 0.25) is 0 Å². The molecule has 0 aliphatic heterocycles. The predicted molar refractivity (Wildman–Crippen MR) is 88.7 cm³/mol. The van der Waals surface area contributed by atoms with Crippen molar-refractivity contribution in [1.29, 1.82) is 0 Å². The summed E-state index contributed by atoms with van der Waals surface area (Å²) in [5.74, 6) is -1.10. The molecule has 5 nitrogen and oxygen atoms in total.